The minimum Gasteiger partial charge on any atom is -0.296 e. The van der Waals surface area contributed by atoms with E-state index < -0.39 is 5.69 Å². The van der Waals surface area contributed by atoms with E-state index in [4.69, 9.17) is 11.6 Å². The van der Waals surface area contributed by atoms with Crippen LogP contribution in [0.2, 0.25) is 5.02 Å². The van der Waals surface area contributed by atoms with E-state index in [1.54, 1.807) is 12.1 Å². The number of aromatic nitrogens is 2. The molecule has 1 aromatic carbocycles. The fourth-order valence-electron chi connectivity index (χ4n) is 1.49. The third kappa shape index (κ3) is 2.75. The molecule has 6 heteroatoms. The lowest BCUT2D eigenvalue weighted by atomic mass is 10.3. The summed E-state index contributed by atoms with van der Waals surface area (Å²) in [6, 6.07) is 9.02. The molecule has 5 nitrogen and oxygen atoms in total. The third-order valence-electron chi connectivity index (χ3n) is 2.34. The molecule has 18 heavy (non-hydrogen) atoms. The van der Waals surface area contributed by atoms with Crippen molar-refractivity contribution in [3.8, 4) is 0 Å². The summed E-state index contributed by atoms with van der Waals surface area (Å²) < 4.78 is 1.27. The van der Waals surface area contributed by atoms with E-state index in [0.29, 0.717) is 17.1 Å². The Kier molecular flexibility index (Phi) is 3.74. The van der Waals surface area contributed by atoms with Crippen molar-refractivity contribution in [3.05, 3.63) is 58.2 Å². The van der Waals surface area contributed by atoms with Crippen molar-refractivity contribution in [2.45, 2.75) is 6.67 Å². The van der Waals surface area contributed by atoms with Crippen molar-refractivity contribution in [2.24, 2.45) is 0 Å². The number of para-hydroxylation sites is 1. The van der Waals surface area contributed by atoms with Crippen LogP contribution >= 0.6 is 11.6 Å². The Labute approximate surface area is 108 Å². The van der Waals surface area contributed by atoms with Gasteiger partial charge in [-0.05, 0) is 12.1 Å². The van der Waals surface area contributed by atoms with Gasteiger partial charge in [-0.1, -0.05) is 29.8 Å². The van der Waals surface area contributed by atoms with E-state index in [0.717, 1.165) is 0 Å². The molecule has 0 saturated carbocycles. The fraction of sp³-hybridized carbons (Fsp3) is 0.0833. The van der Waals surface area contributed by atoms with Crippen LogP contribution in [0, 0.1) is 0 Å². The molecule has 1 aromatic heterocycles. The molecular formula is C12H10ClN3O2. The monoisotopic (exact) mass is 263 g/mol. The average Bonchev–Trinajstić information content (AvgIpc) is 2.41. The maximum Gasteiger partial charge on any atom is 0.349 e. The van der Waals surface area contributed by atoms with E-state index in [9.17, 15) is 9.59 Å². The van der Waals surface area contributed by atoms with Crippen molar-refractivity contribution in [3.63, 3.8) is 0 Å². The van der Waals surface area contributed by atoms with E-state index in [-0.39, 0.29) is 6.67 Å². The van der Waals surface area contributed by atoms with Crippen LogP contribution in [0.1, 0.15) is 0 Å². The van der Waals surface area contributed by atoms with Gasteiger partial charge in [0.25, 0.3) is 0 Å². The molecule has 2 aromatic rings. The molecule has 0 spiro atoms. The molecule has 0 fully saturated rings. The zero-order valence-electron chi connectivity index (χ0n) is 9.36. The van der Waals surface area contributed by atoms with Crippen molar-refractivity contribution < 1.29 is 4.79 Å². The van der Waals surface area contributed by atoms with Crippen LogP contribution in [0.25, 0.3) is 0 Å². The molecule has 0 bridgehead atoms. The van der Waals surface area contributed by atoms with Crippen LogP contribution in [-0.2, 0) is 11.5 Å². The second-order valence-electron chi connectivity index (χ2n) is 3.58. The molecule has 92 valence electrons. The molecule has 0 aliphatic carbocycles. The first-order chi connectivity index (χ1) is 8.70. The van der Waals surface area contributed by atoms with Crippen LogP contribution in [0.15, 0.2) is 47.5 Å². The first kappa shape index (κ1) is 12.3. The number of carbonyl (C=O) groups excluding carboxylic acids is 1. The molecule has 0 unspecified atom stereocenters. The highest BCUT2D eigenvalue weighted by Crippen LogP contribution is 2.12. The zero-order chi connectivity index (χ0) is 13.0. The number of hydrogen-bond acceptors (Lipinski definition) is 3. The molecule has 0 N–H and O–H groups in total. The molecule has 0 saturated heterocycles. The van der Waals surface area contributed by atoms with Gasteiger partial charge in [0.2, 0.25) is 6.41 Å². The fourth-order valence-corrected chi connectivity index (χ4v) is 1.66. The van der Waals surface area contributed by atoms with E-state index in [1.165, 1.54) is 21.9 Å². The zero-order valence-corrected chi connectivity index (χ0v) is 10.1. The number of hydrogen-bond donors (Lipinski definition) is 0. The minimum absolute atomic E-state index is 0.0694. The van der Waals surface area contributed by atoms with Gasteiger partial charge >= 0.3 is 5.69 Å². The normalized spacial score (nSPS) is 10.1. The largest absolute Gasteiger partial charge is 0.349 e. The highest BCUT2D eigenvalue weighted by Gasteiger charge is 2.07. The maximum absolute atomic E-state index is 11.5. The summed E-state index contributed by atoms with van der Waals surface area (Å²) in [6.45, 7) is 0.0694. The quantitative estimate of drug-likeness (QED) is 0.786. The van der Waals surface area contributed by atoms with Gasteiger partial charge in [0, 0.05) is 11.9 Å². The number of halogens is 1. The molecule has 1 amide bonds. The standard InChI is InChI=1S/C12H10ClN3O2/c13-10-6-14-12(18)15(7-10)8-16(9-17)11-4-2-1-3-5-11/h1-7,9H,8H2. The second kappa shape index (κ2) is 5.46. The molecule has 0 aliphatic heterocycles. The van der Waals surface area contributed by atoms with Crippen molar-refractivity contribution in [2.75, 3.05) is 4.90 Å². The number of rotatable bonds is 4. The van der Waals surface area contributed by atoms with Gasteiger partial charge in [-0.15, -0.1) is 0 Å². The van der Waals surface area contributed by atoms with Crippen molar-refractivity contribution in [1.82, 2.24) is 9.55 Å². The first-order valence-electron chi connectivity index (χ1n) is 5.19. The predicted octanol–water partition coefficient (Wildman–Crippen LogP) is 1.52. The highest BCUT2D eigenvalue weighted by atomic mass is 35.5. The van der Waals surface area contributed by atoms with Crippen LogP contribution < -0.4 is 10.6 Å². The lowest BCUT2D eigenvalue weighted by Gasteiger charge is -2.18. The Morgan fingerprint density at radius 3 is 2.72 bits per heavy atom. The summed E-state index contributed by atoms with van der Waals surface area (Å²) in [5, 5.41) is 0.341. The van der Waals surface area contributed by atoms with Crippen molar-refractivity contribution >= 4 is 23.7 Å². The SMILES string of the molecule is O=CN(Cn1cc(Cl)cnc1=O)c1ccccc1. The van der Waals surface area contributed by atoms with Crippen LogP contribution in [0.4, 0.5) is 5.69 Å². The van der Waals surface area contributed by atoms with E-state index in [2.05, 4.69) is 4.98 Å². The first-order valence-corrected chi connectivity index (χ1v) is 5.57. The number of benzene rings is 1. The summed E-state index contributed by atoms with van der Waals surface area (Å²) in [5.41, 5.74) is 0.238. The topological polar surface area (TPSA) is 55.2 Å². The number of carbonyl (C=O) groups is 1. The second-order valence-corrected chi connectivity index (χ2v) is 4.01. The summed E-state index contributed by atoms with van der Waals surface area (Å²) in [4.78, 5) is 27.5. The van der Waals surface area contributed by atoms with Crippen molar-refractivity contribution in [1.29, 1.82) is 0 Å². The molecule has 2 rings (SSSR count). The summed E-state index contributed by atoms with van der Waals surface area (Å²) >= 11 is 5.76. The lowest BCUT2D eigenvalue weighted by molar-refractivity contribution is -0.107. The maximum atomic E-state index is 11.5. The molecule has 1 heterocycles. The van der Waals surface area contributed by atoms with Crippen LogP contribution in [-0.4, -0.2) is 16.0 Å². The molecular weight excluding hydrogens is 254 g/mol. The Hall–Kier alpha value is -2.14. The lowest BCUT2D eigenvalue weighted by Crippen LogP contribution is -2.32. The van der Waals surface area contributed by atoms with Gasteiger partial charge in [0.1, 0.15) is 6.67 Å². The Bertz CT molecular complexity index is 598. The van der Waals surface area contributed by atoms with Crippen LogP contribution in [0.3, 0.4) is 0 Å². The van der Waals surface area contributed by atoms with E-state index >= 15 is 0 Å². The van der Waals surface area contributed by atoms with Gasteiger partial charge in [-0.25, -0.2) is 4.79 Å². The smallest absolute Gasteiger partial charge is 0.296 e. The van der Waals surface area contributed by atoms with Gasteiger partial charge < -0.3 is 0 Å². The Morgan fingerprint density at radius 1 is 1.33 bits per heavy atom. The predicted molar refractivity (Wildman–Crippen MR) is 68.5 cm³/mol. The number of anilines is 1. The van der Waals surface area contributed by atoms with Gasteiger partial charge in [-0.2, -0.15) is 4.98 Å². The molecule has 0 atom stereocenters. The Balaban J connectivity index is 2.29. The average molecular weight is 264 g/mol. The van der Waals surface area contributed by atoms with Crippen LogP contribution in [0.5, 0.6) is 0 Å². The molecule has 0 aliphatic rings. The Morgan fingerprint density at radius 2 is 2.06 bits per heavy atom. The third-order valence-corrected chi connectivity index (χ3v) is 2.54. The minimum atomic E-state index is -0.456. The molecule has 0 radical (unpaired) electrons. The van der Waals surface area contributed by atoms with Gasteiger partial charge in [0.15, 0.2) is 0 Å². The van der Waals surface area contributed by atoms with Gasteiger partial charge in [-0.3, -0.25) is 14.3 Å². The number of nitrogens with zero attached hydrogens (tertiary/aromatic N) is 3. The highest BCUT2D eigenvalue weighted by molar-refractivity contribution is 6.30. The summed E-state index contributed by atoms with van der Waals surface area (Å²) in [5.74, 6) is 0. The summed E-state index contributed by atoms with van der Waals surface area (Å²) in [6.07, 6.45) is 3.37. The summed E-state index contributed by atoms with van der Waals surface area (Å²) in [7, 11) is 0. The van der Waals surface area contributed by atoms with Gasteiger partial charge in [0.05, 0.1) is 11.2 Å². The van der Waals surface area contributed by atoms with E-state index in [1.807, 2.05) is 18.2 Å². The number of amides is 1.